The Hall–Kier alpha value is -3.32. The van der Waals surface area contributed by atoms with Crippen molar-refractivity contribution in [1.29, 1.82) is 1.43 Å². The quantitative estimate of drug-likeness (QED) is 0.106. The molecule has 4 N–H and O–H groups in total. The first-order valence-corrected chi connectivity index (χ1v) is 15.5. The number of aromatic nitrogens is 3. The molecule has 0 aliphatic carbocycles. The first kappa shape index (κ1) is 34.0. The fourth-order valence-electron chi connectivity index (χ4n) is 4.56. The van der Waals surface area contributed by atoms with Crippen LogP contribution in [0.5, 0.6) is 0 Å². The van der Waals surface area contributed by atoms with Crippen molar-refractivity contribution in [1.82, 2.24) is 14.5 Å². The van der Waals surface area contributed by atoms with Gasteiger partial charge in [0.05, 0.1) is 30.0 Å². The summed E-state index contributed by atoms with van der Waals surface area (Å²) >= 11 is 0. The maximum absolute atomic E-state index is 16.9. The Bertz CT molecular complexity index is 1460. The van der Waals surface area contributed by atoms with Gasteiger partial charge in [-0.3, -0.25) is 9.32 Å². The van der Waals surface area contributed by atoms with Gasteiger partial charge in [-0.05, 0) is 47.9 Å². The minimum atomic E-state index is -4.96. The van der Waals surface area contributed by atoms with Crippen molar-refractivity contribution in [3.05, 3.63) is 22.7 Å². The van der Waals surface area contributed by atoms with E-state index in [-0.39, 0.29) is 43.3 Å². The summed E-state index contributed by atoms with van der Waals surface area (Å²) in [6, 6.07) is 1.46. The van der Waals surface area contributed by atoms with Crippen LogP contribution in [0.25, 0.3) is 11.0 Å². The van der Waals surface area contributed by atoms with Gasteiger partial charge in [0.15, 0.2) is 11.7 Å². The number of anilines is 1. The molecular formula is C26H40FN4O14P. The van der Waals surface area contributed by atoms with Crippen LogP contribution in [0.4, 0.5) is 19.8 Å². The molecule has 260 valence electrons. The molecule has 0 bridgehead atoms. The SMILES string of the molecule is [3H]CCNc1cc2c(ncn2[C@@H]2O[C@](F)(COP(=O)(OCOC(=O)OC(C)C)OCOC(=O)OC(C)C)[C@@H](CCO[3H])[C@@]2(C)O)c(=O)[nH]1. The number of aromatic amines is 1. The maximum atomic E-state index is 16.9. The lowest BCUT2D eigenvalue weighted by Gasteiger charge is -2.31. The van der Waals surface area contributed by atoms with Crippen molar-refractivity contribution in [2.75, 3.05) is 38.7 Å². The van der Waals surface area contributed by atoms with E-state index in [9.17, 15) is 24.1 Å². The average molecular weight is 687 g/mol. The number of fused-ring (bicyclic) bond motifs is 1. The van der Waals surface area contributed by atoms with Gasteiger partial charge in [0, 0.05) is 20.6 Å². The molecule has 1 saturated heterocycles. The van der Waals surface area contributed by atoms with Crippen molar-refractivity contribution >= 4 is 37.0 Å². The largest absolute Gasteiger partial charge is 0.510 e. The summed E-state index contributed by atoms with van der Waals surface area (Å²) in [5.74, 6) is -4.32. The first-order chi connectivity index (χ1) is 22.5. The zero-order valence-electron chi connectivity index (χ0n) is 27.9. The Morgan fingerprint density at radius 2 is 1.85 bits per heavy atom. The van der Waals surface area contributed by atoms with Gasteiger partial charge in [0.1, 0.15) is 18.0 Å². The fraction of sp³-hybridized carbons (Fsp3) is 0.692. The number of H-pyrrole nitrogens is 1. The van der Waals surface area contributed by atoms with Crippen LogP contribution >= 0.6 is 7.82 Å². The summed E-state index contributed by atoms with van der Waals surface area (Å²) in [5.41, 5.74) is -2.66. The lowest BCUT2D eigenvalue weighted by molar-refractivity contribution is -0.195. The number of aliphatic hydroxyl groups is 2. The van der Waals surface area contributed by atoms with Gasteiger partial charge in [0.25, 0.3) is 5.56 Å². The smallest absolute Gasteiger partial charge is 0.432 e. The number of alkyl halides is 1. The van der Waals surface area contributed by atoms with Crippen LogP contribution in [-0.2, 0) is 41.8 Å². The molecule has 1 aliphatic rings. The van der Waals surface area contributed by atoms with Crippen LogP contribution < -0.4 is 10.9 Å². The zero-order chi connectivity index (χ0) is 35.7. The monoisotopic (exact) mass is 686 g/mol. The van der Waals surface area contributed by atoms with Crippen LogP contribution in [0.15, 0.2) is 17.2 Å². The predicted octanol–water partition coefficient (Wildman–Crippen LogP) is 3.30. The number of imidazole rings is 1. The average Bonchev–Trinajstić information content (AvgIpc) is 3.49. The number of ether oxygens (including phenoxy) is 5. The van der Waals surface area contributed by atoms with Crippen molar-refractivity contribution in [2.45, 2.75) is 77.8 Å². The number of nitrogens with one attached hydrogen (secondary N) is 2. The standard InChI is InChI=1S/C26H40FN4O14P/c1-7-28-19-10-17-20(21(33)30-19)29-12-31(17)22-25(6,36)18(8-9-32)26(27,45-22)11-40-46(37,41-13-38-23(34)43-15(2)3)42-14-39-24(35)44-16(4)5/h10,12,15-16,18,22,32,36H,7-9,11,13-14H2,1-6H3,(H2,28,30,33)/t18-,22+,25+,26+/m0/s1/i1T,32T. The van der Waals surface area contributed by atoms with Gasteiger partial charge < -0.3 is 48.8 Å². The molecule has 0 amide bonds. The molecule has 18 nitrogen and oxygen atoms in total. The van der Waals surface area contributed by atoms with Crippen LogP contribution in [0, 0.1) is 5.92 Å². The minimum Gasteiger partial charge on any atom is -0.432 e. The predicted molar refractivity (Wildman–Crippen MR) is 155 cm³/mol. The van der Waals surface area contributed by atoms with Crippen LogP contribution in [0.1, 0.15) is 55.5 Å². The van der Waals surface area contributed by atoms with Crippen LogP contribution in [-0.4, -0.2) is 95.5 Å². The number of phosphoric acid groups is 1. The molecule has 0 radical (unpaired) electrons. The van der Waals surface area contributed by atoms with E-state index in [0.717, 1.165) is 6.33 Å². The molecule has 4 atom stereocenters. The summed E-state index contributed by atoms with van der Waals surface area (Å²) in [7, 11) is -4.96. The third-order valence-electron chi connectivity index (χ3n) is 6.44. The number of carbonyl (C=O) groups is 2. The molecule has 2 aromatic rings. The zero-order valence-corrected chi connectivity index (χ0v) is 26.8. The highest BCUT2D eigenvalue weighted by molar-refractivity contribution is 7.48. The summed E-state index contributed by atoms with van der Waals surface area (Å²) < 4.78 is 85.8. The van der Waals surface area contributed by atoms with E-state index >= 15 is 4.39 Å². The molecule has 3 rings (SSSR count). The highest BCUT2D eigenvalue weighted by Gasteiger charge is 2.63. The topological polar surface area (TPSA) is 228 Å². The van der Waals surface area contributed by atoms with Crippen LogP contribution in [0.3, 0.4) is 0 Å². The molecule has 1 fully saturated rings. The molecule has 20 heteroatoms. The molecule has 2 aromatic heterocycles. The van der Waals surface area contributed by atoms with Crippen molar-refractivity contribution in [2.24, 2.45) is 5.92 Å². The highest BCUT2D eigenvalue weighted by atomic mass is 31.2. The lowest BCUT2D eigenvalue weighted by atomic mass is 9.83. The highest BCUT2D eigenvalue weighted by Crippen LogP contribution is 2.55. The second kappa shape index (κ2) is 15.5. The van der Waals surface area contributed by atoms with Gasteiger partial charge in [-0.15, -0.1) is 0 Å². The van der Waals surface area contributed by atoms with Gasteiger partial charge >= 0.3 is 20.1 Å². The fourth-order valence-corrected chi connectivity index (χ4v) is 5.48. The second-order valence-corrected chi connectivity index (χ2v) is 12.4. The van der Waals surface area contributed by atoms with Crippen molar-refractivity contribution < 1.29 is 67.4 Å². The number of rotatable bonds is 17. The van der Waals surface area contributed by atoms with E-state index in [1.54, 1.807) is 27.7 Å². The third-order valence-corrected chi connectivity index (χ3v) is 7.73. The molecule has 0 spiro atoms. The summed E-state index contributed by atoms with van der Waals surface area (Å²) in [6.07, 6.45) is -4.29. The van der Waals surface area contributed by atoms with Gasteiger partial charge in [0.2, 0.25) is 20.9 Å². The summed E-state index contributed by atoms with van der Waals surface area (Å²) in [5, 5.41) is 18.9. The molecule has 0 saturated carbocycles. The number of hydrogen-bond donors (Lipinski definition) is 4. The molecule has 3 heterocycles. The molecule has 46 heavy (non-hydrogen) atoms. The number of carbonyl (C=O) groups excluding carboxylic acids is 2. The molecule has 1 aliphatic heterocycles. The van der Waals surface area contributed by atoms with Crippen molar-refractivity contribution in [3.63, 3.8) is 0 Å². The van der Waals surface area contributed by atoms with E-state index in [2.05, 4.69) is 29.9 Å². The maximum Gasteiger partial charge on any atom is 0.510 e. The Balaban J connectivity index is 1.89. The number of aliphatic hydroxyl groups excluding tert-OH is 1. The third kappa shape index (κ3) is 9.15. The summed E-state index contributed by atoms with van der Waals surface area (Å²) in [6.45, 7) is 3.84. The Morgan fingerprint density at radius 1 is 1.22 bits per heavy atom. The first-order valence-electron chi connectivity index (χ1n) is 15.2. The van der Waals surface area contributed by atoms with E-state index < -0.39 is 81.7 Å². The molecular weight excluding hydrogens is 642 g/mol. The van der Waals surface area contributed by atoms with E-state index in [1.807, 2.05) is 0 Å². The van der Waals surface area contributed by atoms with Crippen LogP contribution in [0.2, 0.25) is 0 Å². The van der Waals surface area contributed by atoms with E-state index in [0.29, 0.717) is 0 Å². The Kier molecular flexibility index (Phi) is 11.5. The van der Waals surface area contributed by atoms with Gasteiger partial charge in [-0.2, -0.15) is 0 Å². The number of pyridine rings is 1. The van der Waals surface area contributed by atoms with E-state index in [4.69, 9.17) is 30.6 Å². The molecule has 0 aromatic carbocycles. The second-order valence-electron chi connectivity index (χ2n) is 10.7. The normalized spacial score (nSPS) is 23.8. The molecule has 0 unspecified atom stereocenters. The number of halogens is 1. The number of hydrogen-bond acceptors (Lipinski definition) is 16. The van der Waals surface area contributed by atoms with E-state index in [1.165, 1.54) is 17.6 Å². The minimum absolute atomic E-state index is 0.00347. The Morgan fingerprint density at radius 3 is 2.41 bits per heavy atom. The summed E-state index contributed by atoms with van der Waals surface area (Å²) in [4.78, 5) is 42.8. The Labute approximate surface area is 265 Å². The lowest BCUT2D eigenvalue weighted by Crippen LogP contribution is -2.44. The van der Waals surface area contributed by atoms with Gasteiger partial charge in [-0.1, -0.05) is 0 Å². The number of nitrogens with zero attached hydrogens (tertiary/aromatic N) is 2. The number of phosphoric ester groups is 1. The van der Waals surface area contributed by atoms with Gasteiger partial charge in [-0.25, -0.2) is 32.6 Å². The van der Waals surface area contributed by atoms with Crippen molar-refractivity contribution in [3.8, 4) is 0 Å².